The molecule has 5 aromatic rings. The molecule has 0 radical (unpaired) electrons. The number of aryl methyl sites for hydroxylation is 1. The lowest BCUT2D eigenvalue weighted by atomic mass is 9.77. The maximum Gasteiger partial charge on any atom is 0.329 e. The van der Waals surface area contributed by atoms with Gasteiger partial charge in [0.25, 0.3) is 5.91 Å². The standard InChI is InChI=1S/C42H40ClF2N7O6/c1-22-32-30(20-28(44)35(43)34(32)33-25(38(46)54)12-13-29(57-3)36(33)45)58-42(22,23-8-5-4-6-9-23)21-47-24-14-17-51(18-15-24)40(55)27-11-7-10-26-37(27)50(2)49-39(26)52-19-16-31(53)48-41(52)56/h4-13,20,22,24,47H,14-19,21H2,1-3H3,(H2,46,54)(H,48,53,56)/t22-,42-/m0/s1. The van der Waals surface area contributed by atoms with Gasteiger partial charge in [-0.15, -0.1) is 0 Å². The predicted octanol–water partition coefficient (Wildman–Crippen LogP) is 6.01. The van der Waals surface area contributed by atoms with Crippen LogP contribution < -0.4 is 30.7 Å². The average molecular weight is 812 g/mol. The van der Waals surface area contributed by atoms with Crippen molar-refractivity contribution in [2.24, 2.45) is 12.8 Å². The van der Waals surface area contributed by atoms with E-state index in [1.807, 2.05) is 37.3 Å². The first-order valence-corrected chi connectivity index (χ1v) is 19.2. The highest BCUT2D eigenvalue weighted by molar-refractivity contribution is 6.34. The maximum atomic E-state index is 16.2. The number of fused-ring (bicyclic) bond motifs is 2. The molecule has 1 aromatic heterocycles. The van der Waals surface area contributed by atoms with Crippen molar-refractivity contribution in [2.75, 3.05) is 38.2 Å². The Morgan fingerprint density at radius 1 is 1.03 bits per heavy atom. The highest BCUT2D eigenvalue weighted by Gasteiger charge is 2.50. The molecule has 2 fully saturated rings. The monoisotopic (exact) mass is 811 g/mol. The van der Waals surface area contributed by atoms with Crippen LogP contribution in [0.15, 0.2) is 66.7 Å². The van der Waals surface area contributed by atoms with Gasteiger partial charge in [-0.3, -0.25) is 29.3 Å². The molecule has 3 aliphatic heterocycles. The van der Waals surface area contributed by atoms with E-state index >= 15 is 8.78 Å². The molecule has 58 heavy (non-hydrogen) atoms. The molecule has 0 saturated carbocycles. The van der Waals surface area contributed by atoms with Crippen molar-refractivity contribution in [1.82, 2.24) is 25.3 Å². The van der Waals surface area contributed by atoms with Crippen molar-refractivity contribution in [2.45, 2.75) is 43.7 Å². The lowest BCUT2D eigenvalue weighted by molar-refractivity contribution is -0.120. The van der Waals surface area contributed by atoms with E-state index in [1.165, 1.54) is 30.2 Å². The van der Waals surface area contributed by atoms with Crippen molar-refractivity contribution in [3.63, 3.8) is 0 Å². The molecule has 4 heterocycles. The number of carbonyl (C=O) groups is 4. The first-order chi connectivity index (χ1) is 27.8. The summed E-state index contributed by atoms with van der Waals surface area (Å²) in [7, 11) is 3.00. The average Bonchev–Trinajstić information content (AvgIpc) is 3.70. The van der Waals surface area contributed by atoms with E-state index in [0.29, 0.717) is 53.8 Å². The second-order valence-electron chi connectivity index (χ2n) is 14.8. The summed E-state index contributed by atoms with van der Waals surface area (Å²) in [4.78, 5) is 54.3. The predicted molar refractivity (Wildman–Crippen MR) is 212 cm³/mol. The quantitative estimate of drug-likeness (QED) is 0.163. The van der Waals surface area contributed by atoms with Crippen molar-refractivity contribution in [3.05, 3.63) is 106 Å². The molecule has 0 bridgehead atoms. The summed E-state index contributed by atoms with van der Waals surface area (Å²) in [6.07, 6.45) is 1.36. The minimum Gasteiger partial charge on any atom is -0.494 e. The van der Waals surface area contributed by atoms with Crippen LogP contribution in [0.5, 0.6) is 11.5 Å². The van der Waals surface area contributed by atoms with Gasteiger partial charge in [0, 0.05) is 79.8 Å². The second-order valence-corrected chi connectivity index (χ2v) is 15.1. The van der Waals surface area contributed by atoms with E-state index in [9.17, 15) is 19.2 Å². The Morgan fingerprint density at radius 2 is 1.78 bits per heavy atom. The number of carbonyl (C=O) groups excluding carboxylic acids is 4. The highest BCUT2D eigenvalue weighted by atomic mass is 35.5. The number of piperidine rings is 1. The van der Waals surface area contributed by atoms with Crippen LogP contribution in [0.1, 0.15) is 63.9 Å². The number of amides is 5. The molecule has 8 rings (SSSR count). The number of urea groups is 1. The van der Waals surface area contributed by atoms with E-state index in [2.05, 4.69) is 15.7 Å². The van der Waals surface area contributed by atoms with Crippen molar-refractivity contribution < 1.29 is 37.4 Å². The fourth-order valence-corrected chi connectivity index (χ4v) is 8.84. The molecule has 5 amide bonds. The van der Waals surface area contributed by atoms with Gasteiger partial charge < -0.3 is 25.4 Å². The Labute approximate surface area is 337 Å². The number of methoxy groups -OCH3 is 1. The number of aromatic nitrogens is 2. The second kappa shape index (κ2) is 15.0. The molecule has 0 aliphatic carbocycles. The number of imide groups is 1. The van der Waals surface area contributed by atoms with Crippen LogP contribution in [0, 0.1) is 11.6 Å². The number of para-hydroxylation sites is 1. The number of ether oxygens (including phenoxy) is 2. The van der Waals surface area contributed by atoms with Gasteiger partial charge >= 0.3 is 6.03 Å². The molecule has 2 saturated heterocycles. The lowest BCUT2D eigenvalue weighted by Crippen LogP contribution is -2.50. The Kier molecular flexibility index (Phi) is 10.1. The smallest absolute Gasteiger partial charge is 0.329 e. The van der Waals surface area contributed by atoms with Crippen molar-refractivity contribution in [3.8, 4) is 22.6 Å². The van der Waals surface area contributed by atoms with Crippen LogP contribution in [-0.4, -0.2) is 77.8 Å². The van der Waals surface area contributed by atoms with E-state index in [1.54, 1.807) is 34.8 Å². The fraction of sp³-hybridized carbons (Fsp3) is 0.310. The van der Waals surface area contributed by atoms with Crippen LogP contribution in [-0.2, 0) is 17.4 Å². The van der Waals surface area contributed by atoms with Gasteiger partial charge in [-0.05, 0) is 42.7 Å². The van der Waals surface area contributed by atoms with Crippen molar-refractivity contribution in [1.29, 1.82) is 0 Å². The number of nitrogens with one attached hydrogen (secondary N) is 2. The SMILES string of the molecule is COc1ccc(C(N)=O)c(-c2c(Cl)c(F)cc3c2[C@H](C)[C@@](CNC2CCN(C(=O)c4cccc5c(N6CCC(=O)NC6=O)nn(C)c45)CC2)(c2ccccc2)O3)c1F. The largest absolute Gasteiger partial charge is 0.494 e. The van der Waals surface area contributed by atoms with Crippen LogP contribution in [0.25, 0.3) is 22.0 Å². The summed E-state index contributed by atoms with van der Waals surface area (Å²) in [6, 6.07) is 17.9. The molecule has 0 unspecified atom stereocenters. The van der Waals surface area contributed by atoms with Crippen LogP contribution in [0.2, 0.25) is 5.02 Å². The molecule has 16 heteroatoms. The summed E-state index contributed by atoms with van der Waals surface area (Å²) in [6.45, 7) is 3.21. The van der Waals surface area contributed by atoms with Gasteiger partial charge in [-0.25, -0.2) is 13.6 Å². The number of rotatable bonds is 9. The molecule has 3 aliphatic rings. The molecule has 13 nitrogen and oxygen atoms in total. The zero-order valence-corrected chi connectivity index (χ0v) is 32.7. The number of primary amides is 1. The maximum absolute atomic E-state index is 16.2. The number of anilines is 1. The fourth-order valence-electron chi connectivity index (χ4n) is 8.59. The first-order valence-electron chi connectivity index (χ1n) is 18.9. The summed E-state index contributed by atoms with van der Waals surface area (Å²) >= 11 is 6.66. The number of nitrogens with two attached hydrogens (primary N) is 1. The van der Waals surface area contributed by atoms with Crippen LogP contribution in [0.3, 0.4) is 0 Å². The van der Waals surface area contributed by atoms with Gasteiger partial charge in [0.2, 0.25) is 11.8 Å². The van der Waals surface area contributed by atoms with E-state index in [-0.39, 0.29) is 70.6 Å². The Hall–Kier alpha value is -6.06. The molecular weight excluding hydrogens is 772 g/mol. The van der Waals surface area contributed by atoms with E-state index in [4.69, 9.17) is 26.8 Å². The summed E-state index contributed by atoms with van der Waals surface area (Å²) in [5.74, 6) is -3.43. The lowest BCUT2D eigenvalue weighted by Gasteiger charge is -2.38. The first kappa shape index (κ1) is 38.8. The Morgan fingerprint density at radius 3 is 2.47 bits per heavy atom. The van der Waals surface area contributed by atoms with Crippen molar-refractivity contribution >= 4 is 52.1 Å². The summed E-state index contributed by atoms with van der Waals surface area (Å²) < 4.78 is 45.4. The third-order valence-corrected chi connectivity index (χ3v) is 11.9. The number of halogens is 3. The van der Waals surface area contributed by atoms with Crippen LogP contribution in [0.4, 0.5) is 19.4 Å². The Bertz CT molecular complexity index is 2510. The van der Waals surface area contributed by atoms with Gasteiger partial charge in [-0.1, -0.05) is 54.9 Å². The van der Waals surface area contributed by atoms with Crippen LogP contribution >= 0.6 is 11.6 Å². The zero-order valence-electron chi connectivity index (χ0n) is 31.9. The number of likely N-dealkylation sites (tertiary alicyclic amines) is 1. The molecule has 4 aromatic carbocycles. The van der Waals surface area contributed by atoms with Gasteiger partial charge in [0.1, 0.15) is 11.6 Å². The number of nitrogens with zero attached hydrogens (tertiary/aromatic N) is 4. The van der Waals surface area contributed by atoms with Gasteiger partial charge in [-0.2, -0.15) is 5.10 Å². The third-order valence-electron chi connectivity index (χ3n) is 11.6. The normalized spacial score (nSPS) is 19.6. The minimum atomic E-state index is -1.13. The molecule has 4 N–H and O–H groups in total. The number of hydrogen-bond donors (Lipinski definition) is 3. The Balaban J connectivity index is 1.05. The molecule has 300 valence electrons. The molecular formula is C42H40ClF2N7O6. The van der Waals surface area contributed by atoms with E-state index < -0.39 is 35.1 Å². The molecule has 2 atom stereocenters. The topological polar surface area (TPSA) is 161 Å². The van der Waals surface area contributed by atoms with Gasteiger partial charge in [0.05, 0.1) is 28.8 Å². The summed E-state index contributed by atoms with van der Waals surface area (Å²) in [5.41, 5.74) is 6.29. The van der Waals surface area contributed by atoms with Gasteiger partial charge in [0.15, 0.2) is 23.0 Å². The zero-order chi connectivity index (χ0) is 41.0. The highest BCUT2D eigenvalue weighted by Crippen LogP contribution is 2.56. The summed E-state index contributed by atoms with van der Waals surface area (Å²) in [5, 5.41) is 10.8. The minimum absolute atomic E-state index is 0.0381. The van der Waals surface area contributed by atoms with E-state index in [0.717, 1.165) is 5.56 Å². The number of benzene rings is 4. The number of hydrogen-bond acceptors (Lipinski definition) is 8. The molecule has 0 spiro atoms. The third kappa shape index (κ3) is 6.38.